The molecule has 17 heavy (non-hydrogen) atoms. The molecule has 1 rings (SSSR count). The van der Waals surface area contributed by atoms with Gasteiger partial charge in [0.15, 0.2) is 6.61 Å². The SMILES string of the molecule is Cc1cc(Br)cc(N)c1OCC(=O)NCC#N. The normalized spacial score (nSPS) is 9.47. The first-order valence-electron chi connectivity index (χ1n) is 4.86. The van der Waals surface area contributed by atoms with Gasteiger partial charge in [0.05, 0.1) is 11.8 Å². The summed E-state index contributed by atoms with van der Waals surface area (Å²) in [5.74, 6) is 0.133. The number of carbonyl (C=O) groups is 1. The van der Waals surface area contributed by atoms with Crippen molar-refractivity contribution in [3.05, 3.63) is 22.2 Å². The van der Waals surface area contributed by atoms with E-state index in [-0.39, 0.29) is 19.1 Å². The number of rotatable bonds is 4. The number of anilines is 1. The van der Waals surface area contributed by atoms with Crippen molar-refractivity contribution in [1.82, 2.24) is 5.32 Å². The van der Waals surface area contributed by atoms with Crippen molar-refractivity contribution in [2.75, 3.05) is 18.9 Å². The minimum atomic E-state index is -0.353. The van der Waals surface area contributed by atoms with E-state index in [9.17, 15) is 4.79 Å². The van der Waals surface area contributed by atoms with Crippen LogP contribution in [0.1, 0.15) is 5.56 Å². The third-order valence-electron chi connectivity index (χ3n) is 1.98. The van der Waals surface area contributed by atoms with Crippen molar-refractivity contribution in [3.8, 4) is 11.8 Å². The fraction of sp³-hybridized carbons (Fsp3) is 0.273. The summed E-state index contributed by atoms with van der Waals surface area (Å²) in [4.78, 5) is 11.2. The van der Waals surface area contributed by atoms with Gasteiger partial charge in [0, 0.05) is 4.47 Å². The van der Waals surface area contributed by atoms with Crippen LogP contribution in [0.3, 0.4) is 0 Å². The van der Waals surface area contributed by atoms with Crippen LogP contribution in [0, 0.1) is 18.3 Å². The lowest BCUT2D eigenvalue weighted by Crippen LogP contribution is -2.29. The lowest BCUT2D eigenvalue weighted by molar-refractivity contribution is -0.122. The number of nitrogens with two attached hydrogens (primary N) is 1. The van der Waals surface area contributed by atoms with Crippen molar-refractivity contribution in [2.45, 2.75) is 6.92 Å². The predicted octanol–water partition coefficient (Wildman–Crippen LogP) is 1.36. The molecule has 0 atom stereocenters. The van der Waals surface area contributed by atoms with Gasteiger partial charge in [-0.3, -0.25) is 4.79 Å². The molecule has 0 aliphatic rings. The Bertz CT molecular complexity index is 445. The molecule has 1 aromatic rings. The Morgan fingerprint density at radius 2 is 2.35 bits per heavy atom. The van der Waals surface area contributed by atoms with E-state index in [0.717, 1.165) is 10.0 Å². The third kappa shape index (κ3) is 3.96. The lowest BCUT2D eigenvalue weighted by atomic mass is 10.2. The van der Waals surface area contributed by atoms with Gasteiger partial charge < -0.3 is 15.8 Å². The van der Waals surface area contributed by atoms with Crippen LogP contribution in [-0.4, -0.2) is 19.1 Å². The number of aryl methyl sites for hydroxylation is 1. The molecule has 0 aliphatic heterocycles. The van der Waals surface area contributed by atoms with Gasteiger partial charge in [-0.15, -0.1) is 0 Å². The number of hydrogen-bond donors (Lipinski definition) is 2. The molecule has 0 bridgehead atoms. The fourth-order valence-corrected chi connectivity index (χ4v) is 1.87. The average molecular weight is 298 g/mol. The highest BCUT2D eigenvalue weighted by Gasteiger charge is 2.08. The smallest absolute Gasteiger partial charge is 0.258 e. The molecule has 0 spiro atoms. The van der Waals surface area contributed by atoms with Crippen molar-refractivity contribution < 1.29 is 9.53 Å². The van der Waals surface area contributed by atoms with E-state index in [2.05, 4.69) is 21.2 Å². The minimum Gasteiger partial charge on any atom is -0.481 e. The highest BCUT2D eigenvalue weighted by molar-refractivity contribution is 9.10. The van der Waals surface area contributed by atoms with Crippen LogP contribution in [0.4, 0.5) is 5.69 Å². The number of halogens is 1. The number of ether oxygens (including phenoxy) is 1. The zero-order valence-electron chi connectivity index (χ0n) is 9.29. The summed E-state index contributed by atoms with van der Waals surface area (Å²) in [6, 6.07) is 5.36. The number of nitrogens with one attached hydrogen (secondary N) is 1. The summed E-state index contributed by atoms with van der Waals surface area (Å²) in [5.41, 5.74) is 7.07. The number of amides is 1. The molecule has 0 unspecified atom stereocenters. The van der Waals surface area contributed by atoms with Gasteiger partial charge in [0.2, 0.25) is 0 Å². The molecule has 0 saturated heterocycles. The second-order valence-corrected chi connectivity index (χ2v) is 4.28. The maximum Gasteiger partial charge on any atom is 0.258 e. The Labute approximate surface area is 108 Å². The van der Waals surface area contributed by atoms with E-state index >= 15 is 0 Å². The Balaban J connectivity index is 2.64. The van der Waals surface area contributed by atoms with Crippen molar-refractivity contribution in [1.29, 1.82) is 5.26 Å². The molecule has 5 nitrogen and oxygen atoms in total. The number of nitrogen functional groups attached to an aromatic ring is 1. The van der Waals surface area contributed by atoms with Crippen molar-refractivity contribution in [2.24, 2.45) is 0 Å². The third-order valence-corrected chi connectivity index (χ3v) is 2.44. The summed E-state index contributed by atoms with van der Waals surface area (Å²) in [5, 5.41) is 10.7. The summed E-state index contributed by atoms with van der Waals surface area (Å²) < 4.78 is 6.17. The average Bonchev–Trinajstić information content (AvgIpc) is 2.24. The van der Waals surface area contributed by atoms with Gasteiger partial charge in [0.25, 0.3) is 5.91 Å². The van der Waals surface area contributed by atoms with Crippen molar-refractivity contribution >= 4 is 27.5 Å². The van der Waals surface area contributed by atoms with Crippen LogP contribution in [0.2, 0.25) is 0 Å². The Kier molecular flexibility index (Phi) is 4.79. The molecular weight excluding hydrogens is 286 g/mol. The molecule has 0 fully saturated rings. The number of nitrogens with zero attached hydrogens (tertiary/aromatic N) is 1. The molecule has 0 aromatic heterocycles. The first-order valence-corrected chi connectivity index (χ1v) is 5.66. The topological polar surface area (TPSA) is 88.1 Å². The lowest BCUT2D eigenvalue weighted by Gasteiger charge is -2.11. The summed E-state index contributed by atoms with van der Waals surface area (Å²) in [7, 11) is 0. The quantitative estimate of drug-likeness (QED) is 0.649. The molecule has 3 N–H and O–H groups in total. The second-order valence-electron chi connectivity index (χ2n) is 3.36. The zero-order chi connectivity index (χ0) is 12.8. The Morgan fingerprint density at radius 3 is 2.94 bits per heavy atom. The summed E-state index contributed by atoms with van der Waals surface area (Å²) in [6.07, 6.45) is 0. The van der Waals surface area contributed by atoms with Gasteiger partial charge >= 0.3 is 0 Å². The zero-order valence-corrected chi connectivity index (χ0v) is 10.9. The monoisotopic (exact) mass is 297 g/mol. The summed E-state index contributed by atoms with van der Waals surface area (Å²) in [6.45, 7) is 1.65. The highest BCUT2D eigenvalue weighted by atomic mass is 79.9. The van der Waals surface area contributed by atoms with Crippen LogP contribution in [-0.2, 0) is 4.79 Å². The number of carbonyl (C=O) groups excluding carboxylic acids is 1. The van der Waals surface area contributed by atoms with Crippen LogP contribution < -0.4 is 15.8 Å². The van der Waals surface area contributed by atoms with E-state index in [0.29, 0.717) is 11.4 Å². The fourth-order valence-electron chi connectivity index (χ4n) is 1.28. The van der Waals surface area contributed by atoms with Crippen LogP contribution in [0.15, 0.2) is 16.6 Å². The standard InChI is InChI=1S/C11H12BrN3O2/c1-7-4-8(12)5-9(14)11(7)17-6-10(16)15-3-2-13/h4-5H,3,6,14H2,1H3,(H,15,16). The molecule has 90 valence electrons. The van der Waals surface area contributed by atoms with Gasteiger partial charge in [-0.05, 0) is 24.6 Å². The van der Waals surface area contributed by atoms with Crippen LogP contribution in [0.25, 0.3) is 0 Å². The Hall–Kier alpha value is -1.74. The van der Waals surface area contributed by atoms with E-state index in [4.69, 9.17) is 15.7 Å². The van der Waals surface area contributed by atoms with Crippen LogP contribution in [0.5, 0.6) is 5.75 Å². The molecule has 1 amide bonds. The first kappa shape index (κ1) is 13.3. The van der Waals surface area contributed by atoms with Gasteiger partial charge in [-0.1, -0.05) is 15.9 Å². The van der Waals surface area contributed by atoms with E-state index in [1.54, 1.807) is 6.07 Å². The predicted molar refractivity (Wildman–Crippen MR) is 67.4 cm³/mol. The molecule has 0 radical (unpaired) electrons. The van der Waals surface area contributed by atoms with Gasteiger partial charge in [-0.25, -0.2) is 0 Å². The number of benzene rings is 1. The maximum atomic E-state index is 11.2. The van der Waals surface area contributed by atoms with E-state index in [1.165, 1.54) is 0 Å². The second kappa shape index (κ2) is 6.11. The number of hydrogen-bond acceptors (Lipinski definition) is 4. The largest absolute Gasteiger partial charge is 0.481 e. The molecular formula is C11H12BrN3O2. The maximum absolute atomic E-state index is 11.2. The van der Waals surface area contributed by atoms with Gasteiger partial charge in [-0.2, -0.15) is 5.26 Å². The molecule has 0 saturated carbocycles. The van der Waals surface area contributed by atoms with E-state index < -0.39 is 0 Å². The minimum absolute atomic E-state index is 0.0308. The Morgan fingerprint density at radius 1 is 1.65 bits per heavy atom. The highest BCUT2D eigenvalue weighted by Crippen LogP contribution is 2.29. The van der Waals surface area contributed by atoms with Gasteiger partial charge in [0.1, 0.15) is 12.3 Å². The summed E-state index contributed by atoms with van der Waals surface area (Å²) >= 11 is 3.31. The molecule has 0 aliphatic carbocycles. The van der Waals surface area contributed by atoms with Crippen LogP contribution >= 0.6 is 15.9 Å². The molecule has 1 aromatic carbocycles. The van der Waals surface area contributed by atoms with E-state index in [1.807, 2.05) is 19.1 Å². The number of nitriles is 1. The molecule has 0 heterocycles. The van der Waals surface area contributed by atoms with Crippen molar-refractivity contribution in [3.63, 3.8) is 0 Å². The molecule has 6 heteroatoms. The first-order chi connectivity index (χ1) is 8.04.